The fourth-order valence-electron chi connectivity index (χ4n) is 1.36. The monoisotopic (exact) mass is 255 g/mol. The molecule has 1 aromatic rings. The maximum Gasteiger partial charge on any atom is 0.273 e. The van der Waals surface area contributed by atoms with Gasteiger partial charge in [0, 0.05) is 24.9 Å². The zero-order valence-electron chi connectivity index (χ0n) is 9.63. The van der Waals surface area contributed by atoms with Crippen LogP contribution in [0.4, 0.5) is 0 Å². The fourth-order valence-corrected chi connectivity index (χ4v) is 2.15. The van der Waals surface area contributed by atoms with Gasteiger partial charge in [-0.1, -0.05) is 6.08 Å². The summed E-state index contributed by atoms with van der Waals surface area (Å²) in [7, 11) is 0. The van der Waals surface area contributed by atoms with Crippen LogP contribution in [0.1, 0.15) is 15.5 Å². The molecule has 0 aliphatic carbocycles. The van der Waals surface area contributed by atoms with Crippen LogP contribution in [-0.4, -0.2) is 47.1 Å². The Morgan fingerprint density at radius 3 is 3.06 bits per heavy atom. The number of rotatable bonds is 7. The first-order valence-electron chi connectivity index (χ1n) is 5.38. The molecule has 0 spiro atoms. The number of aliphatic hydroxyl groups is 1. The molecule has 0 saturated carbocycles. The van der Waals surface area contributed by atoms with Crippen molar-refractivity contribution in [2.45, 2.75) is 6.42 Å². The predicted molar refractivity (Wildman–Crippen MR) is 68.1 cm³/mol. The lowest BCUT2D eigenvalue weighted by Crippen LogP contribution is -2.33. The van der Waals surface area contributed by atoms with E-state index < -0.39 is 0 Å². The molecule has 1 aromatic heterocycles. The number of carbonyl (C=O) groups is 1. The maximum atomic E-state index is 12.0. The van der Waals surface area contributed by atoms with Crippen LogP contribution in [0.3, 0.4) is 0 Å². The Labute approximate surface area is 105 Å². The number of aromatic nitrogens is 1. The summed E-state index contributed by atoms with van der Waals surface area (Å²) in [6.45, 7) is 4.73. The van der Waals surface area contributed by atoms with Crippen LogP contribution in [0.15, 0.2) is 18.0 Å². The molecule has 17 heavy (non-hydrogen) atoms. The number of amides is 1. The smallest absolute Gasteiger partial charge is 0.273 e. The van der Waals surface area contributed by atoms with Gasteiger partial charge in [-0.05, 0) is 6.54 Å². The van der Waals surface area contributed by atoms with Gasteiger partial charge in [-0.25, -0.2) is 4.98 Å². The second kappa shape index (κ2) is 7.16. The number of carbonyl (C=O) groups excluding carboxylic acids is 1. The van der Waals surface area contributed by atoms with Gasteiger partial charge in [-0.2, -0.15) is 0 Å². The number of hydrogen-bond acceptors (Lipinski definition) is 5. The average Bonchev–Trinajstić information content (AvgIpc) is 2.77. The van der Waals surface area contributed by atoms with Gasteiger partial charge in [0.1, 0.15) is 5.69 Å². The number of nitrogens with zero attached hydrogens (tertiary/aromatic N) is 2. The minimum Gasteiger partial charge on any atom is -0.395 e. The topological polar surface area (TPSA) is 79.5 Å². The third-order valence-electron chi connectivity index (χ3n) is 2.14. The molecule has 0 bridgehead atoms. The van der Waals surface area contributed by atoms with Crippen molar-refractivity contribution in [3.8, 4) is 0 Å². The zero-order chi connectivity index (χ0) is 12.7. The first kappa shape index (κ1) is 13.8. The summed E-state index contributed by atoms with van der Waals surface area (Å²) < 4.78 is 0. The van der Waals surface area contributed by atoms with Gasteiger partial charge in [0.05, 0.1) is 11.6 Å². The Bertz CT molecular complexity index is 379. The first-order chi connectivity index (χ1) is 8.22. The van der Waals surface area contributed by atoms with E-state index in [0.717, 1.165) is 5.01 Å². The molecule has 94 valence electrons. The van der Waals surface area contributed by atoms with Gasteiger partial charge in [-0.15, -0.1) is 17.9 Å². The normalized spacial score (nSPS) is 10.2. The van der Waals surface area contributed by atoms with Crippen molar-refractivity contribution in [2.75, 3.05) is 26.2 Å². The van der Waals surface area contributed by atoms with Crippen molar-refractivity contribution < 1.29 is 9.90 Å². The van der Waals surface area contributed by atoms with E-state index in [1.165, 1.54) is 16.2 Å². The fraction of sp³-hybridized carbons (Fsp3) is 0.455. The van der Waals surface area contributed by atoms with E-state index >= 15 is 0 Å². The van der Waals surface area contributed by atoms with Crippen LogP contribution in [0.5, 0.6) is 0 Å². The van der Waals surface area contributed by atoms with Crippen molar-refractivity contribution in [2.24, 2.45) is 5.73 Å². The summed E-state index contributed by atoms with van der Waals surface area (Å²) in [5, 5.41) is 11.5. The van der Waals surface area contributed by atoms with E-state index in [4.69, 9.17) is 10.8 Å². The van der Waals surface area contributed by atoms with Crippen LogP contribution in [0.2, 0.25) is 0 Å². The van der Waals surface area contributed by atoms with E-state index in [0.29, 0.717) is 25.2 Å². The van der Waals surface area contributed by atoms with Gasteiger partial charge in [0.15, 0.2) is 0 Å². The zero-order valence-corrected chi connectivity index (χ0v) is 10.4. The maximum absolute atomic E-state index is 12.0. The molecule has 0 aliphatic heterocycles. The molecule has 0 radical (unpaired) electrons. The van der Waals surface area contributed by atoms with Gasteiger partial charge < -0.3 is 15.7 Å². The van der Waals surface area contributed by atoms with Crippen molar-refractivity contribution in [1.29, 1.82) is 0 Å². The summed E-state index contributed by atoms with van der Waals surface area (Å²) >= 11 is 1.43. The summed E-state index contributed by atoms with van der Waals surface area (Å²) in [4.78, 5) is 17.7. The molecule has 0 atom stereocenters. The van der Waals surface area contributed by atoms with Crippen LogP contribution >= 0.6 is 11.3 Å². The van der Waals surface area contributed by atoms with E-state index in [1.54, 1.807) is 11.5 Å². The van der Waals surface area contributed by atoms with Crippen molar-refractivity contribution in [1.82, 2.24) is 9.88 Å². The second-order valence-electron chi connectivity index (χ2n) is 3.43. The molecular weight excluding hydrogens is 238 g/mol. The van der Waals surface area contributed by atoms with Crippen LogP contribution in [0.25, 0.3) is 0 Å². The van der Waals surface area contributed by atoms with E-state index in [-0.39, 0.29) is 19.1 Å². The molecule has 0 unspecified atom stereocenters. The first-order valence-corrected chi connectivity index (χ1v) is 6.26. The summed E-state index contributed by atoms with van der Waals surface area (Å²) in [6, 6.07) is 0. The van der Waals surface area contributed by atoms with Gasteiger partial charge >= 0.3 is 0 Å². The lowest BCUT2D eigenvalue weighted by Gasteiger charge is -2.18. The second-order valence-corrected chi connectivity index (χ2v) is 4.37. The average molecular weight is 255 g/mol. The van der Waals surface area contributed by atoms with Crippen molar-refractivity contribution >= 4 is 17.2 Å². The Morgan fingerprint density at radius 2 is 2.47 bits per heavy atom. The Hall–Kier alpha value is -1.24. The van der Waals surface area contributed by atoms with E-state index in [9.17, 15) is 4.79 Å². The molecule has 1 amide bonds. The molecule has 0 fully saturated rings. The minimum atomic E-state index is -0.182. The minimum absolute atomic E-state index is 0.0701. The highest BCUT2D eigenvalue weighted by atomic mass is 32.1. The summed E-state index contributed by atoms with van der Waals surface area (Å²) in [5.41, 5.74) is 5.84. The number of hydrogen-bond donors (Lipinski definition) is 2. The van der Waals surface area contributed by atoms with Crippen LogP contribution < -0.4 is 5.73 Å². The Balaban J connectivity index is 2.73. The molecule has 6 heteroatoms. The number of aliphatic hydroxyl groups excluding tert-OH is 1. The molecule has 0 aliphatic rings. The third-order valence-corrected chi connectivity index (χ3v) is 3.04. The highest BCUT2D eigenvalue weighted by Crippen LogP contribution is 2.12. The Kier molecular flexibility index (Phi) is 5.82. The highest BCUT2D eigenvalue weighted by molar-refractivity contribution is 7.09. The van der Waals surface area contributed by atoms with Gasteiger partial charge in [0.25, 0.3) is 5.91 Å². The van der Waals surface area contributed by atoms with E-state index in [2.05, 4.69) is 11.6 Å². The molecule has 0 saturated heterocycles. The van der Waals surface area contributed by atoms with Crippen molar-refractivity contribution in [3.63, 3.8) is 0 Å². The molecule has 1 heterocycles. The quantitative estimate of drug-likeness (QED) is 0.685. The largest absolute Gasteiger partial charge is 0.395 e. The molecule has 3 N–H and O–H groups in total. The molecular formula is C11H17N3O2S. The standard InChI is InChI=1S/C11H17N3O2S/c1-2-5-14(6-7-15)11(16)9-8-17-10(13-9)3-4-12/h2,8,15H,1,3-7,12H2. The number of thiazole rings is 1. The van der Waals surface area contributed by atoms with Crippen LogP contribution in [-0.2, 0) is 6.42 Å². The lowest BCUT2D eigenvalue weighted by atomic mass is 10.3. The summed E-state index contributed by atoms with van der Waals surface area (Å²) in [6.07, 6.45) is 2.31. The third kappa shape index (κ3) is 3.92. The van der Waals surface area contributed by atoms with Crippen LogP contribution in [0, 0.1) is 0 Å². The highest BCUT2D eigenvalue weighted by Gasteiger charge is 2.17. The molecule has 0 aromatic carbocycles. The molecule has 1 rings (SSSR count). The SMILES string of the molecule is C=CCN(CCO)C(=O)c1csc(CCN)n1. The lowest BCUT2D eigenvalue weighted by molar-refractivity contribution is 0.0737. The molecule has 5 nitrogen and oxygen atoms in total. The summed E-state index contributed by atoms with van der Waals surface area (Å²) in [5.74, 6) is -0.182. The van der Waals surface area contributed by atoms with Crippen molar-refractivity contribution in [3.05, 3.63) is 28.7 Å². The van der Waals surface area contributed by atoms with E-state index in [1.807, 2.05) is 0 Å². The van der Waals surface area contributed by atoms with Gasteiger partial charge in [-0.3, -0.25) is 4.79 Å². The number of nitrogens with two attached hydrogens (primary N) is 1. The Morgan fingerprint density at radius 1 is 1.71 bits per heavy atom. The predicted octanol–water partition coefficient (Wildman–Crippen LogP) is 0.265. The van der Waals surface area contributed by atoms with Gasteiger partial charge in [0.2, 0.25) is 0 Å².